The highest BCUT2D eigenvalue weighted by Gasteiger charge is 2.19. The van der Waals surface area contributed by atoms with Crippen molar-refractivity contribution in [3.05, 3.63) is 60.2 Å². The van der Waals surface area contributed by atoms with E-state index in [0.29, 0.717) is 0 Å². The number of nitrogens with zero attached hydrogens (tertiary/aromatic N) is 3. The topological polar surface area (TPSA) is 52.0 Å². The van der Waals surface area contributed by atoms with Gasteiger partial charge in [0.25, 0.3) is 0 Å². The van der Waals surface area contributed by atoms with Gasteiger partial charge < -0.3 is 10.1 Å². The third-order valence-electron chi connectivity index (χ3n) is 4.62. The van der Waals surface area contributed by atoms with Crippen LogP contribution in [0.3, 0.4) is 0 Å². The number of para-hydroxylation sites is 3. The van der Waals surface area contributed by atoms with Crippen molar-refractivity contribution in [2.45, 2.75) is 12.5 Å². The van der Waals surface area contributed by atoms with Crippen LogP contribution in [-0.4, -0.2) is 33.7 Å². The Morgan fingerprint density at radius 2 is 2.00 bits per heavy atom. The maximum atomic E-state index is 6.21. The summed E-state index contributed by atoms with van der Waals surface area (Å²) in [6, 6.07) is 16.2. The lowest BCUT2D eigenvalue weighted by atomic mass is 10.1. The summed E-state index contributed by atoms with van der Waals surface area (Å²) in [6.07, 6.45) is 3.10. The van der Waals surface area contributed by atoms with Crippen LogP contribution in [0.4, 0.5) is 0 Å². The maximum Gasteiger partial charge on any atom is 0.195 e. The standard InChI is InChI=1S/C20H18N4OS/c1-4-8-19(25-14-9-10-21-11-14)15(5-1)17-12-26-20(23-17)24-13-22-16-6-2-3-7-18(16)24/h1-8,12-14,21H,9-11H2. The molecule has 0 aliphatic carbocycles. The number of benzene rings is 2. The first-order valence-corrected chi connectivity index (χ1v) is 9.61. The highest BCUT2D eigenvalue weighted by Crippen LogP contribution is 2.33. The Morgan fingerprint density at radius 1 is 1.12 bits per heavy atom. The summed E-state index contributed by atoms with van der Waals surface area (Å²) in [6.45, 7) is 1.92. The first kappa shape index (κ1) is 15.5. The maximum absolute atomic E-state index is 6.21. The first-order valence-electron chi connectivity index (χ1n) is 8.73. The monoisotopic (exact) mass is 362 g/mol. The lowest BCUT2D eigenvalue weighted by molar-refractivity contribution is 0.224. The molecule has 4 aromatic rings. The molecular formula is C20H18N4OS. The Bertz CT molecular complexity index is 1050. The number of fused-ring (bicyclic) bond motifs is 1. The van der Waals surface area contributed by atoms with Crippen LogP contribution >= 0.6 is 11.3 Å². The van der Waals surface area contributed by atoms with Crippen molar-refractivity contribution in [1.29, 1.82) is 0 Å². The molecule has 0 bridgehead atoms. The molecule has 1 N–H and O–H groups in total. The van der Waals surface area contributed by atoms with Gasteiger partial charge in [-0.25, -0.2) is 9.97 Å². The summed E-state index contributed by atoms with van der Waals surface area (Å²) in [5, 5.41) is 6.33. The van der Waals surface area contributed by atoms with Gasteiger partial charge in [-0.1, -0.05) is 24.3 Å². The van der Waals surface area contributed by atoms with E-state index in [0.717, 1.165) is 52.7 Å². The van der Waals surface area contributed by atoms with E-state index in [1.807, 2.05) is 47.3 Å². The van der Waals surface area contributed by atoms with Crippen molar-refractivity contribution in [2.24, 2.45) is 0 Å². The smallest absolute Gasteiger partial charge is 0.195 e. The molecule has 1 aliphatic rings. The predicted molar refractivity (Wildman–Crippen MR) is 104 cm³/mol. The Kier molecular flexibility index (Phi) is 3.92. The van der Waals surface area contributed by atoms with E-state index in [2.05, 4.69) is 27.8 Å². The Hall–Kier alpha value is -2.70. The summed E-state index contributed by atoms with van der Waals surface area (Å²) < 4.78 is 8.25. The minimum absolute atomic E-state index is 0.229. The van der Waals surface area contributed by atoms with E-state index in [1.54, 1.807) is 11.3 Å². The van der Waals surface area contributed by atoms with Crippen molar-refractivity contribution in [3.8, 4) is 22.1 Å². The summed E-state index contributed by atoms with van der Waals surface area (Å²) in [5.74, 6) is 0.897. The number of nitrogens with one attached hydrogen (secondary N) is 1. The van der Waals surface area contributed by atoms with Gasteiger partial charge in [0.1, 0.15) is 18.2 Å². The Morgan fingerprint density at radius 3 is 2.92 bits per heavy atom. The molecule has 1 atom stereocenters. The van der Waals surface area contributed by atoms with Crippen LogP contribution in [0.1, 0.15) is 6.42 Å². The summed E-state index contributed by atoms with van der Waals surface area (Å²) >= 11 is 1.61. The largest absolute Gasteiger partial charge is 0.488 e. The summed E-state index contributed by atoms with van der Waals surface area (Å²) in [7, 11) is 0. The van der Waals surface area contributed by atoms with Crippen LogP contribution in [0.2, 0.25) is 0 Å². The average Bonchev–Trinajstić information content (AvgIpc) is 3.42. The molecule has 0 saturated carbocycles. The van der Waals surface area contributed by atoms with Crippen molar-refractivity contribution in [2.75, 3.05) is 13.1 Å². The lowest BCUT2D eigenvalue weighted by Crippen LogP contribution is -2.19. The number of thiazole rings is 1. The van der Waals surface area contributed by atoms with E-state index < -0.39 is 0 Å². The fourth-order valence-electron chi connectivity index (χ4n) is 3.30. The Labute approximate surface area is 155 Å². The molecule has 0 spiro atoms. The van der Waals surface area contributed by atoms with Gasteiger partial charge in [0.15, 0.2) is 5.13 Å². The van der Waals surface area contributed by atoms with Gasteiger partial charge >= 0.3 is 0 Å². The molecule has 1 aliphatic heterocycles. The van der Waals surface area contributed by atoms with E-state index in [-0.39, 0.29) is 6.10 Å². The highest BCUT2D eigenvalue weighted by molar-refractivity contribution is 7.12. The van der Waals surface area contributed by atoms with E-state index in [4.69, 9.17) is 9.72 Å². The van der Waals surface area contributed by atoms with Gasteiger partial charge in [-0.05, 0) is 37.2 Å². The van der Waals surface area contributed by atoms with E-state index >= 15 is 0 Å². The average molecular weight is 362 g/mol. The zero-order chi connectivity index (χ0) is 17.3. The molecule has 1 saturated heterocycles. The SMILES string of the molecule is c1ccc(-c2csc(-n3cnc4ccccc43)n2)c(OC2CCNC2)c1. The number of ether oxygens (including phenoxy) is 1. The predicted octanol–water partition coefficient (Wildman–Crippen LogP) is 3.89. The van der Waals surface area contributed by atoms with Crippen molar-refractivity contribution in [3.63, 3.8) is 0 Å². The molecule has 0 radical (unpaired) electrons. The van der Waals surface area contributed by atoms with Gasteiger partial charge in [0.2, 0.25) is 0 Å². The zero-order valence-corrected chi connectivity index (χ0v) is 14.9. The molecule has 1 fully saturated rings. The molecule has 3 heterocycles. The number of aromatic nitrogens is 3. The summed E-state index contributed by atoms with van der Waals surface area (Å²) in [4.78, 5) is 9.32. The van der Waals surface area contributed by atoms with Crippen LogP contribution in [0.25, 0.3) is 27.4 Å². The normalized spacial score (nSPS) is 17.0. The fourth-order valence-corrected chi connectivity index (χ4v) is 4.11. The van der Waals surface area contributed by atoms with Crippen LogP contribution < -0.4 is 10.1 Å². The quantitative estimate of drug-likeness (QED) is 0.598. The number of hydrogen-bond donors (Lipinski definition) is 1. The minimum Gasteiger partial charge on any atom is -0.488 e. The second-order valence-corrected chi connectivity index (χ2v) is 7.18. The van der Waals surface area contributed by atoms with Crippen LogP contribution in [0.15, 0.2) is 60.2 Å². The number of hydrogen-bond acceptors (Lipinski definition) is 5. The van der Waals surface area contributed by atoms with Crippen molar-refractivity contribution >= 4 is 22.4 Å². The van der Waals surface area contributed by atoms with Gasteiger partial charge in [-0.2, -0.15) is 0 Å². The minimum atomic E-state index is 0.229. The third-order valence-corrected chi connectivity index (χ3v) is 5.46. The van der Waals surface area contributed by atoms with Crippen LogP contribution in [0.5, 0.6) is 5.75 Å². The molecular weight excluding hydrogens is 344 g/mol. The molecule has 1 unspecified atom stereocenters. The number of imidazole rings is 1. The molecule has 5 nitrogen and oxygen atoms in total. The lowest BCUT2D eigenvalue weighted by Gasteiger charge is -2.15. The molecule has 2 aromatic carbocycles. The molecule has 6 heteroatoms. The van der Waals surface area contributed by atoms with Crippen molar-refractivity contribution in [1.82, 2.24) is 19.9 Å². The summed E-state index contributed by atoms with van der Waals surface area (Å²) in [5.41, 5.74) is 4.01. The van der Waals surface area contributed by atoms with Crippen LogP contribution in [0, 0.1) is 0 Å². The van der Waals surface area contributed by atoms with Gasteiger partial charge in [-0.15, -0.1) is 11.3 Å². The first-order chi connectivity index (χ1) is 12.9. The van der Waals surface area contributed by atoms with Gasteiger partial charge in [0.05, 0.1) is 16.7 Å². The molecule has 5 rings (SSSR count). The molecule has 2 aromatic heterocycles. The van der Waals surface area contributed by atoms with Crippen LogP contribution in [-0.2, 0) is 0 Å². The number of rotatable bonds is 4. The van der Waals surface area contributed by atoms with E-state index in [1.165, 1.54) is 0 Å². The zero-order valence-electron chi connectivity index (χ0n) is 14.1. The van der Waals surface area contributed by atoms with Gasteiger partial charge in [-0.3, -0.25) is 4.57 Å². The molecule has 130 valence electrons. The van der Waals surface area contributed by atoms with Gasteiger partial charge in [0, 0.05) is 17.5 Å². The Balaban J connectivity index is 1.51. The second-order valence-electron chi connectivity index (χ2n) is 6.35. The fraction of sp³-hybridized carbons (Fsp3) is 0.200. The van der Waals surface area contributed by atoms with Crippen molar-refractivity contribution < 1.29 is 4.74 Å². The van der Waals surface area contributed by atoms with E-state index in [9.17, 15) is 0 Å². The molecule has 26 heavy (non-hydrogen) atoms. The second kappa shape index (κ2) is 6.55. The molecule has 0 amide bonds. The highest BCUT2D eigenvalue weighted by atomic mass is 32.1. The third kappa shape index (κ3) is 2.77.